The molecule has 3 rings (SSSR count). The number of nitrogens with two attached hydrogens (primary N) is 1. The summed E-state index contributed by atoms with van der Waals surface area (Å²) in [6.07, 6.45) is 0.831. The summed E-state index contributed by atoms with van der Waals surface area (Å²) in [5, 5.41) is 18.7. The fraction of sp³-hybridized carbons (Fsp3) is 0.391. The van der Waals surface area contributed by atoms with Crippen molar-refractivity contribution in [2.75, 3.05) is 51.3 Å². The second kappa shape index (κ2) is 11.5. The van der Waals surface area contributed by atoms with Crippen LogP contribution in [0.3, 0.4) is 0 Å². The number of carbonyl (C=O) groups is 1. The van der Waals surface area contributed by atoms with Crippen molar-refractivity contribution in [2.24, 2.45) is 5.73 Å². The highest BCUT2D eigenvalue weighted by atomic mass is 32.2. The van der Waals surface area contributed by atoms with Gasteiger partial charge in [-0.1, -0.05) is 42.1 Å². The molecule has 1 aliphatic rings. The van der Waals surface area contributed by atoms with Gasteiger partial charge in [0.05, 0.1) is 20.3 Å². The third kappa shape index (κ3) is 5.55. The molecule has 1 unspecified atom stereocenters. The third-order valence-electron chi connectivity index (χ3n) is 5.40. The van der Waals surface area contributed by atoms with E-state index in [1.165, 1.54) is 7.11 Å². The third-order valence-corrected chi connectivity index (χ3v) is 6.66. The molecule has 1 aliphatic heterocycles. The van der Waals surface area contributed by atoms with Gasteiger partial charge in [0.1, 0.15) is 27.7 Å². The minimum atomic E-state index is -0.758. The average molecular weight is 467 g/mol. The molecule has 0 bridgehead atoms. The molecule has 172 valence electrons. The first-order valence-electron chi connectivity index (χ1n) is 10.5. The summed E-state index contributed by atoms with van der Waals surface area (Å²) in [7, 11) is 1.41. The van der Waals surface area contributed by atoms with Gasteiger partial charge < -0.3 is 20.5 Å². The van der Waals surface area contributed by atoms with E-state index >= 15 is 0 Å². The fourth-order valence-electron chi connectivity index (χ4n) is 3.80. The first-order valence-corrected chi connectivity index (χ1v) is 11.4. The number of hydrogen-bond donors (Lipinski definition) is 2. The van der Waals surface area contributed by atoms with Crippen molar-refractivity contribution in [3.8, 4) is 11.8 Å². The molecule has 1 aromatic heterocycles. The van der Waals surface area contributed by atoms with Gasteiger partial charge in [0.15, 0.2) is 5.75 Å². The molecule has 1 amide bonds. The minimum Gasteiger partial charge on any atom is -0.506 e. The van der Waals surface area contributed by atoms with Crippen molar-refractivity contribution in [3.63, 3.8) is 0 Å². The Morgan fingerprint density at radius 3 is 2.73 bits per heavy atom. The number of aliphatic hydroxyl groups excluding tert-OH is 1. The number of nitrogens with zero attached hydrogens (tertiary/aromatic N) is 5. The van der Waals surface area contributed by atoms with Crippen LogP contribution in [0.2, 0.25) is 0 Å². The van der Waals surface area contributed by atoms with Gasteiger partial charge in [0.25, 0.3) is 5.69 Å². The molecule has 1 saturated heterocycles. The summed E-state index contributed by atoms with van der Waals surface area (Å²) in [5.74, 6) is 0.0132. The fourth-order valence-corrected chi connectivity index (χ4v) is 4.83. The average Bonchev–Trinajstić information content (AvgIpc) is 3.07. The molecule has 2 heterocycles. The van der Waals surface area contributed by atoms with Crippen LogP contribution in [0.5, 0.6) is 5.75 Å². The maximum Gasteiger partial charge on any atom is 0.270 e. The van der Waals surface area contributed by atoms with Gasteiger partial charge >= 0.3 is 0 Å². The lowest BCUT2D eigenvalue weighted by Crippen LogP contribution is -2.32. The summed E-state index contributed by atoms with van der Waals surface area (Å²) in [6, 6.07) is 11.2. The van der Waals surface area contributed by atoms with Crippen LogP contribution in [0.15, 0.2) is 35.4 Å². The number of hydrogen-bond acceptors (Lipinski definition) is 8. The van der Waals surface area contributed by atoms with E-state index in [9.17, 15) is 15.2 Å². The highest BCUT2D eigenvalue weighted by molar-refractivity contribution is 8.00. The standard InChI is InChI=1S/C23H26N6O3S/c1-26-18-19(32-2)17(15-24)23(33-20(21(25)31)16-7-4-3-5-8-16)27-22(18)29-10-6-9-28(11-12-29)13-14-30/h3-5,7-8,20,30H,6,9-14H2,2H3,(H2,25,31). The van der Waals surface area contributed by atoms with Crippen LogP contribution in [0, 0.1) is 17.9 Å². The van der Waals surface area contributed by atoms with E-state index in [0.717, 1.165) is 24.7 Å². The number of carbonyl (C=O) groups excluding carboxylic acids is 1. The van der Waals surface area contributed by atoms with Gasteiger partial charge in [0, 0.05) is 26.2 Å². The lowest BCUT2D eigenvalue weighted by atomic mass is 10.1. The summed E-state index contributed by atoms with van der Waals surface area (Å²) in [4.78, 5) is 24.8. The molecule has 0 saturated carbocycles. The Labute approximate surface area is 197 Å². The number of methoxy groups -OCH3 is 1. The predicted molar refractivity (Wildman–Crippen MR) is 126 cm³/mol. The number of aliphatic hydroxyl groups is 1. The van der Waals surface area contributed by atoms with E-state index in [4.69, 9.17) is 22.0 Å². The van der Waals surface area contributed by atoms with E-state index in [2.05, 4.69) is 15.8 Å². The topological polar surface area (TPSA) is 120 Å². The number of aromatic nitrogens is 1. The summed E-state index contributed by atoms with van der Waals surface area (Å²) >= 11 is 1.08. The smallest absolute Gasteiger partial charge is 0.270 e. The Bertz CT molecular complexity index is 1070. The molecule has 1 fully saturated rings. The number of amides is 1. The zero-order valence-electron chi connectivity index (χ0n) is 18.4. The van der Waals surface area contributed by atoms with Crippen LogP contribution in [0.25, 0.3) is 4.85 Å². The van der Waals surface area contributed by atoms with Gasteiger partial charge in [-0.25, -0.2) is 9.83 Å². The first kappa shape index (κ1) is 24.3. The van der Waals surface area contributed by atoms with Gasteiger partial charge in [-0.15, -0.1) is 0 Å². The predicted octanol–water partition coefficient (Wildman–Crippen LogP) is 2.34. The lowest BCUT2D eigenvalue weighted by molar-refractivity contribution is -0.117. The van der Waals surface area contributed by atoms with Crippen LogP contribution < -0.4 is 15.4 Å². The largest absolute Gasteiger partial charge is 0.506 e. The highest BCUT2D eigenvalue weighted by Crippen LogP contribution is 2.46. The molecule has 2 aromatic rings. The zero-order chi connectivity index (χ0) is 23.8. The van der Waals surface area contributed by atoms with Crippen LogP contribution >= 0.6 is 11.8 Å². The Balaban J connectivity index is 2.06. The molecule has 1 atom stereocenters. The molecule has 0 spiro atoms. The Morgan fingerprint density at radius 1 is 1.36 bits per heavy atom. The van der Waals surface area contributed by atoms with Crippen LogP contribution in [0.1, 0.15) is 22.8 Å². The molecule has 3 N–H and O–H groups in total. The van der Waals surface area contributed by atoms with Crippen LogP contribution in [-0.2, 0) is 4.79 Å². The number of primary amides is 1. The lowest BCUT2D eigenvalue weighted by Gasteiger charge is -2.26. The van der Waals surface area contributed by atoms with Gasteiger partial charge in [-0.05, 0) is 18.5 Å². The zero-order valence-corrected chi connectivity index (χ0v) is 19.2. The van der Waals surface area contributed by atoms with Crippen molar-refractivity contribution in [3.05, 3.63) is 52.9 Å². The summed E-state index contributed by atoms with van der Waals surface area (Å²) in [5.41, 5.74) is 6.67. The van der Waals surface area contributed by atoms with E-state index in [1.54, 1.807) is 12.1 Å². The second-order valence-electron chi connectivity index (χ2n) is 7.44. The van der Waals surface area contributed by atoms with E-state index in [-0.39, 0.29) is 23.6 Å². The highest BCUT2D eigenvalue weighted by Gasteiger charge is 2.29. The minimum absolute atomic E-state index is 0.0883. The number of thioether (sulfide) groups is 1. The summed E-state index contributed by atoms with van der Waals surface area (Å²) in [6.45, 7) is 11.2. The van der Waals surface area contributed by atoms with Crippen molar-refractivity contribution in [1.29, 1.82) is 5.26 Å². The molecule has 9 nitrogen and oxygen atoms in total. The quantitative estimate of drug-likeness (QED) is 0.449. The summed E-state index contributed by atoms with van der Waals surface area (Å²) < 4.78 is 5.49. The molecule has 33 heavy (non-hydrogen) atoms. The number of anilines is 1. The normalized spacial score (nSPS) is 15.2. The molecule has 0 radical (unpaired) electrons. The van der Waals surface area contributed by atoms with E-state index < -0.39 is 11.2 Å². The maximum atomic E-state index is 12.3. The van der Waals surface area contributed by atoms with E-state index in [1.807, 2.05) is 23.1 Å². The van der Waals surface area contributed by atoms with Crippen molar-refractivity contribution >= 4 is 29.2 Å². The van der Waals surface area contributed by atoms with Crippen LogP contribution in [0.4, 0.5) is 11.5 Å². The molecule has 1 aromatic carbocycles. The number of β-amino-alcohol motifs (C(OH)–C–C–N with tert-alkyl or cyclic N) is 1. The molecular formula is C23H26N6O3S. The maximum absolute atomic E-state index is 12.3. The number of pyridine rings is 1. The number of ether oxygens (including phenoxy) is 1. The SMILES string of the molecule is [C-]#[N+]c1c(N2CCCN(CCO)CC2)nc(SC(C(N)=O)c2ccccc2)c(C#N)c1OC. The van der Waals surface area contributed by atoms with Crippen LogP contribution in [-0.4, -0.2) is 67.3 Å². The van der Waals surface area contributed by atoms with Crippen molar-refractivity contribution in [1.82, 2.24) is 9.88 Å². The Kier molecular flexibility index (Phi) is 8.50. The Morgan fingerprint density at radius 2 is 2.12 bits per heavy atom. The molecule has 10 heteroatoms. The van der Waals surface area contributed by atoms with Gasteiger partial charge in [-0.2, -0.15) is 5.26 Å². The van der Waals surface area contributed by atoms with Crippen molar-refractivity contribution in [2.45, 2.75) is 16.7 Å². The Hall–Kier alpha value is -3.31. The monoisotopic (exact) mass is 466 g/mol. The van der Waals surface area contributed by atoms with Gasteiger partial charge in [0.2, 0.25) is 5.91 Å². The van der Waals surface area contributed by atoms with E-state index in [0.29, 0.717) is 42.6 Å². The molecular weight excluding hydrogens is 440 g/mol. The number of nitriles is 1. The van der Waals surface area contributed by atoms with Crippen molar-refractivity contribution < 1.29 is 14.6 Å². The first-order chi connectivity index (χ1) is 16.0. The second-order valence-corrected chi connectivity index (χ2v) is 8.53. The van der Waals surface area contributed by atoms with Gasteiger partial charge in [-0.3, -0.25) is 9.69 Å². The molecule has 0 aliphatic carbocycles. The number of benzene rings is 1. The number of rotatable bonds is 8.